The number of nitrogens with one attached hydrogen (secondary N) is 2. The molecule has 0 unspecified atom stereocenters. The topological polar surface area (TPSA) is 96.9 Å². The van der Waals surface area contributed by atoms with Gasteiger partial charge < -0.3 is 25.2 Å². The zero-order valence-corrected chi connectivity index (χ0v) is 12.5. The molecule has 0 fully saturated rings. The number of carboxylic acid groups (broad SMARTS) is 1. The van der Waals surface area contributed by atoms with Gasteiger partial charge in [-0.15, -0.1) is 0 Å². The van der Waals surface area contributed by atoms with Crippen LogP contribution in [0.25, 0.3) is 0 Å². The highest BCUT2D eigenvalue weighted by atomic mass is 16.5. The number of carboxylic acids is 1. The number of carbonyl (C=O) groups excluding carboxylic acids is 1. The maximum absolute atomic E-state index is 12.0. The summed E-state index contributed by atoms with van der Waals surface area (Å²) in [6.45, 7) is 3.91. The molecule has 116 valence electrons. The fourth-order valence-electron chi connectivity index (χ4n) is 1.80. The van der Waals surface area contributed by atoms with Gasteiger partial charge in [0.1, 0.15) is 5.75 Å². The van der Waals surface area contributed by atoms with Gasteiger partial charge in [0, 0.05) is 13.2 Å². The molecule has 0 atom stereocenters. The number of carbonyl (C=O) groups is 2. The Labute approximate surface area is 123 Å². The van der Waals surface area contributed by atoms with Gasteiger partial charge in [-0.25, -0.2) is 9.59 Å². The monoisotopic (exact) mass is 296 g/mol. The molecule has 1 rings (SSSR count). The van der Waals surface area contributed by atoms with E-state index in [1.54, 1.807) is 13.8 Å². The standard InChI is InChI=1S/C14H20N2O5/c1-14(2,8-20-3)16-13(19)15-11-7-9(21-4)5-6-10(11)12(17)18/h5-7H,8H2,1-4H3,(H,17,18)(H2,15,16,19). The molecule has 7 nitrogen and oxygen atoms in total. The van der Waals surface area contributed by atoms with Crippen LogP contribution in [0.15, 0.2) is 18.2 Å². The summed E-state index contributed by atoms with van der Waals surface area (Å²) < 4.78 is 10.0. The van der Waals surface area contributed by atoms with Crippen LogP contribution in [0.3, 0.4) is 0 Å². The van der Waals surface area contributed by atoms with E-state index >= 15 is 0 Å². The number of benzene rings is 1. The van der Waals surface area contributed by atoms with Gasteiger partial charge in [-0.1, -0.05) is 0 Å². The van der Waals surface area contributed by atoms with Gasteiger partial charge in [-0.2, -0.15) is 0 Å². The quantitative estimate of drug-likeness (QED) is 0.745. The lowest BCUT2D eigenvalue weighted by molar-refractivity contribution is 0.0698. The smallest absolute Gasteiger partial charge is 0.337 e. The number of hydrogen-bond donors (Lipinski definition) is 3. The van der Waals surface area contributed by atoms with E-state index in [2.05, 4.69) is 10.6 Å². The van der Waals surface area contributed by atoms with Crippen molar-refractivity contribution in [2.24, 2.45) is 0 Å². The van der Waals surface area contributed by atoms with Crippen molar-refractivity contribution in [1.82, 2.24) is 5.32 Å². The molecule has 1 aromatic carbocycles. The first kappa shape index (κ1) is 16.8. The minimum atomic E-state index is -1.14. The lowest BCUT2D eigenvalue weighted by atomic mass is 10.1. The predicted octanol–water partition coefficient (Wildman–Crippen LogP) is 1.94. The van der Waals surface area contributed by atoms with Crippen LogP contribution in [0.4, 0.5) is 10.5 Å². The molecular formula is C14H20N2O5. The molecule has 0 saturated heterocycles. The highest BCUT2D eigenvalue weighted by Gasteiger charge is 2.21. The fourth-order valence-corrected chi connectivity index (χ4v) is 1.80. The Balaban J connectivity index is 2.90. The second-order valence-corrected chi connectivity index (χ2v) is 5.11. The summed E-state index contributed by atoms with van der Waals surface area (Å²) in [7, 11) is 2.99. The van der Waals surface area contributed by atoms with Crippen LogP contribution in [0.2, 0.25) is 0 Å². The van der Waals surface area contributed by atoms with Crippen molar-refractivity contribution in [1.29, 1.82) is 0 Å². The molecule has 0 bridgehead atoms. The number of anilines is 1. The van der Waals surface area contributed by atoms with Gasteiger partial charge in [-0.3, -0.25) is 0 Å². The Bertz CT molecular complexity index is 528. The van der Waals surface area contributed by atoms with Crippen LogP contribution in [0.1, 0.15) is 24.2 Å². The summed E-state index contributed by atoms with van der Waals surface area (Å²) in [6.07, 6.45) is 0. The molecule has 0 aliphatic carbocycles. The van der Waals surface area contributed by atoms with Crippen molar-refractivity contribution in [2.45, 2.75) is 19.4 Å². The number of methoxy groups -OCH3 is 2. The molecule has 0 aromatic heterocycles. The largest absolute Gasteiger partial charge is 0.497 e. The molecule has 2 amide bonds. The van der Waals surface area contributed by atoms with Crippen molar-refractivity contribution >= 4 is 17.7 Å². The van der Waals surface area contributed by atoms with Crippen molar-refractivity contribution in [3.05, 3.63) is 23.8 Å². The number of urea groups is 1. The third-order valence-electron chi connectivity index (χ3n) is 2.66. The van der Waals surface area contributed by atoms with E-state index in [9.17, 15) is 9.59 Å². The average molecular weight is 296 g/mol. The Kier molecular flexibility index (Phi) is 5.54. The summed E-state index contributed by atoms with van der Waals surface area (Å²) in [5.41, 5.74) is -0.441. The summed E-state index contributed by atoms with van der Waals surface area (Å²) in [5, 5.41) is 14.3. The normalized spacial score (nSPS) is 10.9. The van der Waals surface area contributed by atoms with Crippen LogP contribution in [0, 0.1) is 0 Å². The molecule has 7 heteroatoms. The van der Waals surface area contributed by atoms with Crippen LogP contribution in [-0.4, -0.2) is 43.5 Å². The van der Waals surface area contributed by atoms with Crippen molar-refractivity contribution < 1.29 is 24.2 Å². The highest BCUT2D eigenvalue weighted by Crippen LogP contribution is 2.22. The van der Waals surface area contributed by atoms with Gasteiger partial charge in [0.25, 0.3) is 0 Å². The van der Waals surface area contributed by atoms with E-state index < -0.39 is 17.5 Å². The number of hydrogen-bond acceptors (Lipinski definition) is 4. The molecule has 0 spiro atoms. The van der Waals surface area contributed by atoms with Crippen LogP contribution in [-0.2, 0) is 4.74 Å². The molecule has 3 N–H and O–H groups in total. The Hall–Kier alpha value is -2.28. The van der Waals surface area contributed by atoms with E-state index in [0.717, 1.165) is 0 Å². The average Bonchev–Trinajstić information content (AvgIpc) is 2.37. The second-order valence-electron chi connectivity index (χ2n) is 5.11. The first-order valence-electron chi connectivity index (χ1n) is 6.28. The maximum Gasteiger partial charge on any atom is 0.337 e. The van der Waals surface area contributed by atoms with Gasteiger partial charge in [0.2, 0.25) is 0 Å². The minimum Gasteiger partial charge on any atom is -0.497 e. The predicted molar refractivity (Wildman–Crippen MR) is 78.1 cm³/mol. The molecule has 0 aliphatic rings. The van der Waals surface area contributed by atoms with Crippen molar-refractivity contribution in [2.75, 3.05) is 26.1 Å². The Morgan fingerprint density at radius 3 is 2.48 bits per heavy atom. The van der Waals surface area contributed by atoms with Crippen molar-refractivity contribution in [3.63, 3.8) is 0 Å². The molecule has 0 radical (unpaired) electrons. The molecular weight excluding hydrogens is 276 g/mol. The van der Waals surface area contributed by atoms with E-state index in [-0.39, 0.29) is 11.3 Å². The van der Waals surface area contributed by atoms with E-state index in [1.165, 1.54) is 32.4 Å². The van der Waals surface area contributed by atoms with Gasteiger partial charge in [0.15, 0.2) is 0 Å². The highest BCUT2D eigenvalue weighted by molar-refractivity contribution is 6.00. The zero-order chi connectivity index (χ0) is 16.0. The van der Waals surface area contributed by atoms with Crippen LogP contribution >= 0.6 is 0 Å². The first-order valence-corrected chi connectivity index (χ1v) is 6.28. The number of aromatic carboxylic acids is 1. The SMILES string of the molecule is COCC(C)(C)NC(=O)Nc1cc(OC)ccc1C(=O)O. The Morgan fingerprint density at radius 2 is 1.95 bits per heavy atom. The third-order valence-corrected chi connectivity index (χ3v) is 2.66. The van der Waals surface area contributed by atoms with Crippen LogP contribution in [0.5, 0.6) is 5.75 Å². The lowest BCUT2D eigenvalue weighted by Crippen LogP contribution is -2.48. The van der Waals surface area contributed by atoms with Gasteiger partial charge in [-0.05, 0) is 26.0 Å². The third kappa shape index (κ3) is 4.96. The molecule has 0 heterocycles. The number of rotatable bonds is 6. The second kappa shape index (κ2) is 6.94. The fraction of sp³-hybridized carbons (Fsp3) is 0.429. The summed E-state index contributed by atoms with van der Waals surface area (Å²) in [5.74, 6) is -0.685. The van der Waals surface area contributed by atoms with Gasteiger partial charge in [0.05, 0.1) is 30.5 Å². The maximum atomic E-state index is 12.0. The zero-order valence-electron chi connectivity index (χ0n) is 12.5. The molecule has 0 saturated carbocycles. The van der Waals surface area contributed by atoms with E-state index in [0.29, 0.717) is 12.4 Å². The lowest BCUT2D eigenvalue weighted by Gasteiger charge is -2.25. The van der Waals surface area contributed by atoms with Crippen LogP contribution < -0.4 is 15.4 Å². The summed E-state index contributed by atoms with van der Waals surface area (Å²) >= 11 is 0. The molecule has 1 aromatic rings. The van der Waals surface area contributed by atoms with E-state index in [1.807, 2.05) is 0 Å². The first-order chi connectivity index (χ1) is 9.79. The molecule has 0 aliphatic heterocycles. The summed E-state index contributed by atoms with van der Waals surface area (Å²) in [4.78, 5) is 23.1. The number of amides is 2. The molecule has 21 heavy (non-hydrogen) atoms. The number of ether oxygens (including phenoxy) is 2. The minimum absolute atomic E-state index is 0.0181. The van der Waals surface area contributed by atoms with E-state index in [4.69, 9.17) is 14.6 Å². The van der Waals surface area contributed by atoms with Gasteiger partial charge >= 0.3 is 12.0 Å². The summed E-state index contributed by atoms with van der Waals surface area (Å²) in [6, 6.07) is 3.82. The Morgan fingerprint density at radius 1 is 1.29 bits per heavy atom. The van der Waals surface area contributed by atoms with Crippen molar-refractivity contribution in [3.8, 4) is 5.75 Å².